The molecule has 4 aliphatic rings. The Labute approximate surface area is 207 Å². The number of ether oxygens (including phenoxy) is 4. The number of carbonyl (C=O) groups excluding carboxylic acids is 2. The van der Waals surface area contributed by atoms with Gasteiger partial charge in [0.2, 0.25) is 0 Å². The number of nitrogens with zero attached hydrogens (tertiary/aromatic N) is 2. The van der Waals surface area contributed by atoms with Crippen molar-refractivity contribution in [3.63, 3.8) is 0 Å². The van der Waals surface area contributed by atoms with E-state index in [1.165, 1.54) is 0 Å². The number of Topliss-reactive ketones (excluding diaryl/α,β-unsaturated/α-hetero) is 1. The summed E-state index contributed by atoms with van der Waals surface area (Å²) in [7, 11) is 1.60. The van der Waals surface area contributed by atoms with E-state index < -0.39 is 6.04 Å². The average molecular weight is 485 g/mol. The number of hydrogen-bond donors (Lipinski definition) is 0. The number of ketones is 1. The van der Waals surface area contributed by atoms with Gasteiger partial charge >= 0.3 is 0 Å². The van der Waals surface area contributed by atoms with Crippen LogP contribution in [0.5, 0.6) is 11.5 Å². The van der Waals surface area contributed by atoms with Crippen molar-refractivity contribution in [2.45, 2.75) is 51.2 Å². The molecule has 1 aromatic carbocycles. The van der Waals surface area contributed by atoms with Crippen molar-refractivity contribution in [1.29, 1.82) is 0 Å². The third kappa shape index (κ3) is 4.66. The molecule has 0 radical (unpaired) electrons. The lowest BCUT2D eigenvalue weighted by Gasteiger charge is -2.35. The van der Waals surface area contributed by atoms with Gasteiger partial charge in [-0.15, -0.1) is 0 Å². The Morgan fingerprint density at radius 3 is 2.63 bits per heavy atom. The van der Waals surface area contributed by atoms with Crippen molar-refractivity contribution >= 4 is 11.7 Å². The fraction of sp³-hybridized carbons (Fsp3) is 0.630. The Kier molecular flexibility index (Phi) is 7.29. The van der Waals surface area contributed by atoms with Gasteiger partial charge in [-0.25, -0.2) is 0 Å². The van der Waals surface area contributed by atoms with Gasteiger partial charge in [0, 0.05) is 26.2 Å². The van der Waals surface area contributed by atoms with Gasteiger partial charge < -0.3 is 23.8 Å². The van der Waals surface area contributed by atoms with Gasteiger partial charge in [-0.3, -0.25) is 14.5 Å². The number of rotatable bonds is 8. The van der Waals surface area contributed by atoms with Crippen LogP contribution in [0.2, 0.25) is 0 Å². The van der Waals surface area contributed by atoms with Crippen LogP contribution < -0.4 is 9.47 Å². The number of methoxy groups -OCH3 is 1. The molecule has 1 aliphatic carbocycles. The normalized spacial score (nSPS) is 26.9. The Morgan fingerprint density at radius 2 is 1.86 bits per heavy atom. The zero-order valence-corrected chi connectivity index (χ0v) is 20.8. The van der Waals surface area contributed by atoms with E-state index in [9.17, 15) is 9.59 Å². The highest BCUT2D eigenvalue weighted by molar-refractivity contribution is 6.11. The van der Waals surface area contributed by atoms with E-state index in [2.05, 4.69) is 4.90 Å². The van der Waals surface area contributed by atoms with Gasteiger partial charge in [0.25, 0.3) is 5.91 Å². The molecule has 8 nitrogen and oxygen atoms in total. The molecule has 3 atom stereocenters. The van der Waals surface area contributed by atoms with Crippen LogP contribution in [0, 0.1) is 5.92 Å². The molecule has 0 aromatic heterocycles. The molecule has 2 fully saturated rings. The minimum Gasteiger partial charge on any atom is -0.493 e. The van der Waals surface area contributed by atoms with Crippen molar-refractivity contribution in [2.75, 3.05) is 53.1 Å². The van der Waals surface area contributed by atoms with Crippen LogP contribution in [-0.2, 0) is 19.1 Å². The lowest BCUT2D eigenvalue weighted by Crippen LogP contribution is -2.39. The van der Waals surface area contributed by atoms with Gasteiger partial charge in [-0.05, 0) is 50.3 Å². The van der Waals surface area contributed by atoms with Crippen molar-refractivity contribution < 1.29 is 28.5 Å². The number of morpholine rings is 1. The second-order valence-electron chi connectivity index (χ2n) is 9.71. The van der Waals surface area contributed by atoms with Crippen molar-refractivity contribution in [2.24, 2.45) is 5.92 Å². The van der Waals surface area contributed by atoms with Crippen LogP contribution in [0.25, 0.3) is 0 Å². The standard InChI is InChI=1S/C27H36N2O6/c1-3-34-21-10-9-18(17-22(21)32-2)24-23-25(30)19-7-4-5-8-20(19)35-26(23)27(31)29(24)12-6-11-28-13-15-33-16-14-28/h9-10,17,19-20,24H,3-8,11-16H2,1-2H3. The van der Waals surface area contributed by atoms with E-state index in [1.54, 1.807) is 7.11 Å². The van der Waals surface area contributed by atoms with Crippen LogP contribution in [0.15, 0.2) is 29.5 Å². The Morgan fingerprint density at radius 1 is 1.06 bits per heavy atom. The minimum atomic E-state index is -0.470. The fourth-order valence-corrected chi connectivity index (χ4v) is 5.89. The fourth-order valence-electron chi connectivity index (χ4n) is 5.89. The summed E-state index contributed by atoms with van der Waals surface area (Å²) in [6, 6.07) is 5.23. The Balaban J connectivity index is 1.45. The zero-order chi connectivity index (χ0) is 24.4. The van der Waals surface area contributed by atoms with Crippen molar-refractivity contribution in [3.8, 4) is 11.5 Å². The van der Waals surface area contributed by atoms with Gasteiger partial charge in [-0.2, -0.15) is 0 Å². The largest absolute Gasteiger partial charge is 0.493 e. The quantitative estimate of drug-likeness (QED) is 0.561. The first-order valence-electron chi connectivity index (χ1n) is 13.0. The maximum Gasteiger partial charge on any atom is 0.290 e. The molecular weight excluding hydrogens is 448 g/mol. The maximum absolute atomic E-state index is 13.8. The van der Waals surface area contributed by atoms with Crippen LogP contribution in [0.4, 0.5) is 0 Å². The summed E-state index contributed by atoms with van der Waals surface area (Å²) in [6.45, 7) is 7.20. The summed E-state index contributed by atoms with van der Waals surface area (Å²) in [6.07, 6.45) is 4.36. The summed E-state index contributed by atoms with van der Waals surface area (Å²) in [5.41, 5.74) is 1.37. The van der Waals surface area contributed by atoms with E-state index in [0.29, 0.717) is 30.2 Å². The number of amides is 1. The molecule has 0 N–H and O–H groups in total. The highest BCUT2D eigenvalue weighted by Crippen LogP contribution is 2.47. The molecule has 1 saturated heterocycles. The second kappa shape index (κ2) is 10.6. The van der Waals surface area contributed by atoms with Crippen LogP contribution >= 0.6 is 0 Å². The smallest absolute Gasteiger partial charge is 0.290 e. The van der Waals surface area contributed by atoms with Crippen molar-refractivity contribution in [3.05, 3.63) is 35.1 Å². The molecule has 1 amide bonds. The van der Waals surface area contributed by atoms with E-state index in [-0.39, 0.29) is 29.5 Å². The van der Waals surface area contributed by atoms with E-state index in [1.807, 2.05) is 30.0 Å². The van der Waals surface area contributed by atoms with E-state index in [4.69, 9.17) is 18.9 Å². The highest BCUT2D eigenvalue weighted by Gasteiger charge is 2.51. The molecule has 0 spiro atoms. The van der Waals surface area contributed by atoms with Gasteiger partial charge in [0.1, 0.15) is 6.10 Å². The number of fused-ring (bicyclic) bond motifs is 1. The topological polar surface area (TPSA) is 77.5 Å². The predicted octanol–water partition coefficient (Wildman–Crippen LogP) is 3.11. The summed E-state index contributed by atoms with van der Waals surface area (Å²) < 4.78 is 23.0. The molecule has 5 rings (SSSR count). The molecule has 0 bridgehead atoms. The number of carbonyl (C=O) groups is 2. The van der Waals surface area contributed by atoms with Crippen LogP contribution in [0.1, 0.15) is 50.6 Å². The van der Waals surface area contributed by atoms with Gasteiger partial charge in [0.05, 0.1) is 44.5 Å². The summed E-state index contributed by atoms with van der Waals surface area (Å²) in [5, 5.41) is 0. The van der Waals surface area contributed by atoms with Gasteiger partial charge in [-0.1, -0.05) is 12.5 Å². The molecule has 1 aromatic rings. The maximum atomic E-state index is 13.8. The average Bonchev–Trinajstić information content (AvgIpc) is 3.17. The predicted molar refractivity (Wildman–Crippen MR) is 129 cm³/mol. The number of hydrogen-bond acceptors (Lipinski definition) is 7. The van der Waals surface area contributed by atoms with Gasteiger partial charge in [0.15, 0.2) is 23.0 Å². The molecule has 3 heterocycles. The van der Waals surface area contributed by atoms with E-state index >= 15 is 0 Å². The number of benzene rings is 1. The monoisotopic (exact) mass is 484 g/mol. The Hall–Kier alpha value is -2.58. The minimum absolute atomic E-state index is 0.0813. The second-order valence-corrected chi connectivity index (χ2v) is 9.71. The third-order valence-electron chi connectivity index (χ3n) is 7.64. The lowest BCUT2D eigenvalue weighted by atomic mass is 9.77. The SMILES string of the molecule is CCOc1ccc(C2C3=C(OC4CCCCC4C3=O)C(=O)N2CCCN2CCOCC2)cc1OC. The summed E-state index contributed by atoms with van der Waals surface area (Å²) >= 11 is 0. The highest BCUT2D eigenvalue weighted by atomic mass is 16.5. The van der Waals surface area contributed by atoms with Crippen LogP contribution in [0.3, 0.4) is 0 Å². The van der Waals surface area contributed by atoms with Crippen LogP contribution in [-0.4, -0.2) is 80.7 Å². The Bertz CT molecular complexity index is 986. The molecule has 190 valence electrons. The molecule has 8 heteroatoms. The van der Waals surface area contributed by atoms with E-state index in [0.717, 1.165) is 70.5 Å². The van der Waals surface area contributed by atoms with Crippen molar-refractivity contribution in [1.82, 2.24) is 9.80 Å². The first kappa shape index (κ1) is 24.1. The lowest BCUT2D eigenvalue weighted by molar-refractivity contribution is -0.135. The first-order valence-corrected chi connectivity index (χ1v) is 13.0. The first-order chi connectivity index (χ1) is 17.1. The molecule has 35 heavy (non-hydrogen) atoms. The summed E-state index contributed by atoms with van der Waals surface area (Å²) in [5.74, 6) is 1.27. The molecule has 1 saturated carbocycles. The zero-order valence-electron chi connectivity index (χ0n) is 20.8. The third-order valence-corrected chi connectivity index (χ3v) is 7.64. The summed E-state index contributed by atoms with van der Waals surface area (Å²) in [4.78, 5) is 31.6. The molecular formula is C27H36N2O6. The molecule has 3 unspecified atom stereocenters. The molecule has 3 aliphatic heterocycles.